The van der Waals surface area contributed by atoms with Gasteiger partial charge in [-0.1, -0.05) is 192 Å². The summed E-state index contributed by atoms with van der Waals surface area (Å²) in [5.41, 5.74) is 0. The number of aliphatic hydroxyl groups excluding tert-OH is 1. The van der Waals surface area contributed by atoms with Crippen LogP contribution in [-0.2, 0) is 19.1 Å². The Kier molecular flexibility index (Phi) is 39.5. The van der Waals surface area contributed by atoms with E-state index in [1.165, 1.54) is 148 Å². The van der Waals surface area contributed by atoms with Gasteiger partial charge >= 0.3 is 11.9 Å². The van der Waals surface area contributed by atoms with Gasteiger partial charge in [-0.15, -0.1) is 0 Å². The van der Waals surface area contributed by atoms with E-state index in [0.29, 0.717) is 12.8 Å². The van der Waals surface area contributed by atoms with Crippen LogP contribution in [0.1, 0.15) is 226 Å². The Morgan fingerprint density at radius 2 is 0.816 bits per heavy atom. The molecule has 5 heteroatoms. The molecule has 1 atom stereocenters. The molecule has 0 aromatic heterocycles. The minimum absolute atomic E-state index is 0.0644. The van der Waals surface area contributed by atoms with Crippen LogP contribution in [0.3, 0.4) is 0 Å². The predicted octanol–water partition coefficient (Wildman–Crippen LogP) is 13.5. The first-order valence-corrected chi connectivity index (χ1v) is 21.4. The normalized spacial score (nSPS) is 12.3. The molecule has 0 heterocycles. The summed E-state index contributed by atoms with van der Waals surface area (Å²) >= 11 is 0. The Labute approximate surface area is 304 Å². The van der Waals surface area contributed by atoms with Gasteiger partial charge in [0.05, 0.1) is 6.61 Å². The molecule has 0 fully saturated rings. The molecule has 0 saturated carbocycles. The lowest BCUT2D eigenvalue weighted by atomic mass is 10.0. The topological polar surface area (TPSA) is 72.8 Å². The summed E-state index contributed by atoms with van der Waals surface area (Å²) in [7, 11) is 0. The fraction of sp³-hybridized carbons (Fsp3) is 0.864. The Hall–Kier alpha value is -1.62. The van der Waals surface area contributed by atoms with Gasteiger partial charge in [0.15, 0.2) is 6.10 Å². The summed E-state index contributed by atoms with van der Waals surface area (Å²) in [6.07, 6.45) is 48.1. The third kappa shape index (κ3) is 39.0. The number of hydrogen-bond donors (Lipinski definition) is 1. The Bertz CT molecular complexity index is 746. The van der Waals surface area contributed by atoms with Gasteiger partial charge in [0.2, 0.25) is 0 Å². The van der Waals surface area contributed by atoms with E-state index in [-0.39, 0.29) is 25.2 Å². The molecule has 0 saturated heterocycles. The molecule has 0 aromatic rings. The second-order valence-corrected chi connectivity index (χ2v) is 14.4. The summed E-state index contributed by atoms with van der Waals surface area (Å²) in [6.45, 7) is 4.13. The Morgan fingerprint density at radius 1 is 0.469 bits per heavy atom. The van der Waals surface area contributed by atoms with E-state index in [1.807, 2.05) is 0 Å². The van der Waals surface area contributed by atoms with Crippen molar-refractivity contribution >= 4 is 11.9 Å². The van der Waals surface area contributed by atoms with Crippen molar-refractivity contribution in [1.82, 2.24) is 0 Å². The molecule has 0 aliphatic heterocycles. The molecule has 0 spiro atoms. The van der Waals surface area contributed by atoms with Gasteiger partial charge in [-0.25, -0.2) is 0 Å². The Balaban J connectivity index is 3.51. The molecule has 5 nitrogen and oxygen atoms in total. The number of ether oxygens (including phenoxy) is 2. The molecule has 0 amide bonds. The Morgan fingerprint density at radius 3 is 1.24 bits per heavy atom. The number of esters is 2. The van der Waals surface area contributed by atoms with E-state index in [1.54, 1.807) is 0 Å². The third-order valence-electron chi connectivity index (χ3n) is 9.50. The number of aliphatic hydroxyl groups is 1. The van der Waals surface area contributed by atoms with E-state index in [4.69, 9.17) is 9.47 Å². The number of rotatable bonds is 39. The van der Waals surface area contributed by atoms with Gasteiger partial charge in [-0.3, -0.25) is 9.59 Å². The summed E-state index contributed by atoms with van der Waals surface area (Å²) < 4.78 is 10.6. The highest BCUT2D eigenvalue weighted by Crippen LogP contribution is 2.15. The zero-order chi connectivity index (χ0) is 35.7. The highest BCUT2D eigenvalue weighted by atomic mass is 16.6. The number of carbonyl (C=O) groups is 2. The molecule has 0 unspecified atom stereocenters. The van der Waals surface area contributed by atoms with Crippen LogP contribution in [0, 0.1) is 0 Å². The smallest absolute Gasteiger partial charge is 0.306 e. The van der Waals surface area contributed by atoms with Gasteiger partial charge in [-0.2, -0.15) is 0 Å². The summed E-state index contributed by atoms with van der Waals surface area (Å²) in [5.74, 6) is -0.589. The predicted molar refractivity (Wildman–Crippen MR) is 210 cm³/mol. The van der Waals surface area contributed by atoms with Crippen LogP contribution < -0.4 is 0 Å². The maximum Gasteiger partial charge on any atom is 0.306 e. The van der Waals surface area contributed by atoms with E-state index in [2.05, 4.69) is 38.2 Å². The number of hydrogen-bond acceptors (Lipinski definition) is 5. The molecule has 288 valence electrons. The SMILES string of the molecule is CCCCC/C=C/C/C=C/CCCCCCCCCC(=O)O[C@@H](CO)COC(=O)CCCCCCCCCCCCCCCCCCCC. The monoisotopic (exact) mass is 691 g/mol. The van der Waals surface area contributed by atoms with Gasteiger partial charge < -0.3 is 14.6 Å². The maximum atomic E-state index is 12.2. The molecule has 0 rings (SSSR count). The van der Waals surface area contributed by atoms with Gasteiger partial charge in [-0.05, 0) is 44.9 Å². The van der Waals surface area contributed by atoms with Gasteiger partial charge in [0.1, 0.15) is 6.61 Å². The number of unbranched alkanes of at least 4 members (excludes halogenated alkanes) is 27. The maximum absolute atomic E-state index is 12.2. The van der Waals surface area contributed by atoms with Crippen LogP contribution in [0.2, 0.25) is 0 Å². The van der Waals surface area contributed by atoms with Crippen molar-refractivity contribution in [2.45, 2.75) is 232 Å². The largest absolute Gasteiger partial charge is 0.462 e. The lowest BCUT2D eigenvalue weighted by Gasteiger charge is -2.15. The second-order valence-electron chi connectivity index (χ2n) is 14.4. The van der Waals surface area contributed by atoms with Crippen LogP contribution in [0.5, 0.6) is 0 Å². The molecular weight excluding hydrogens is 608 g/mol. The fourth-order valence-corrected chi connectivity index (χ4v) is 6.23. The highest BCUT2D eigenvalue weighted by Gasteiger charge is 2.16. The standard InChI is InChI=1S/C44H82O5/c1-3-5-7-9-11-13-15-17-19-21-23-24-26-28-30-32-34-36-38-43(46)48-41-42(40-45)49-44(47)39-37-35-33-31-29-27-25-22-20-18-16-14-12-10-8-6-4-2/h12,14,18,20,42,45H,3-11,13,15-17,19,21-41H2,1-2H3/b14-12+,20-18+/t42-/m0/s1. The minimum Gasteiger partial charge on any atom is -0.462 e. The van der Waals surface area contributed by atoms with Crippen LogP contribution in [0.4, 0.5) is 0 Å². The summed E-state index contributed by atoms with van der Waals surface area (Å²) in [5, 5.41) is 9.57. The average molecular weight is 691 g/mol. The molecule has 0 bridgehead atoms. The molecule has 0 aliphatic rings. The molecular formula is C44H82O5. The van der Waals surface area contributed by atoms with Crippen LogP contribution in [0.25, 0.3) is 0 Å². The minimum atomic E-state index is -0.771. The van der Waals surface area contributed by atoms with E-state index >= 15 is 0 Å². The van der Waals surface area contributed by atoms with Crippen molar-refractivity contribution < 1.29 is 24.2 Å². The zero-order valence-electron chi connectivity index (χ0n) is 32.7. The highest BCUT2D eigenvalue weighted by molar-refractivity contribution is 5.70. The van der Waals surface area contributed by atoms with Crippen molar-refractivity contribution in [2.75, 3.05) is 13.2 Å². The quantitative estimate of drug-likeness (QED) is 0.0395. The van der Waals surface area contributed by atoms with Crippen molar-refractivity contribution in [3.8, 4) is 0 Å². The lowest BCUT2D eigenvalue weighted by Crippen LogP contribution is -2.28. The van der Waals surface area contributed by atoms with Crippen molar-refractivity contribution in [2.24, 2.45) is 0 Å². The summed E-state index contributed by atoms with van der Waals surface area (Å²) in [6, 6.07) is 0. The van der Waals surface area contributed by atoms with Gasteiger partial charge in [0.25, 0.3) is 0 Å². The number of allylic oxidation sites excluding steroid dienone is 4. The lowest BCUT2D eigenvalue weighted by molar-refractivity contribution is -0.161. The summed E-state index contributed by atoms with van der Waals surface area (Å²) in [4.78, 5) is 24.3. The zero-order valence-corrected chi connectivity index (χ0v) is 32.7. The van der Waals surface area contributed by atoms with Crippen molar-refractivity contribution in [3.05, 3.63) is 24.3 Å². The van der Waals surface area contributed by atoms with Crippen LogP contribution in [0.15, 0.2) is 24.3 Å². The van der Waals surface area contributed by atoms with Crippen LogP contribution >= 0.6 is 0 Å². The first kappa shape index (κ1) is 47.4. The average Bonchev–Trinajstić information content (AvgIpc) is 3.10. The second kappa shape index (κ2) is 40.8. The van der Waals surface area contributed by atoms with Crippen molar-refractivity contribution in [1.29, 1.82) is 0 Å². The first-order chi connectivity index (χ1) is 24.1. The fourth-order valence-electron chi connectivity index (χ4n) is 6.23. The van der Waals surface area contributed by atoms with Crippen LogP contribution in [-0.4, -0.2) is 36.4 Å². The molecule has 49 heavy (non-hydrogen) atoms. The molecule has 0 aromatic carbocycles. The van der Waals surface area contributed by atoms with E-state index < -0.39 is 6.10 Å². The molecule has 0 aliphatic carbocycles. The van der Waals surface area contributed by atoms with Gasteiger partial charge in [0, 0.05) is 12.8 Å². The number of carbonyl (C=O) groups excluding carboxylic acids is 2. The first-order valence-electron chi connectivity index (χ1n) is 21.4. The molecule has 1 N–H and O–H groups in total. The van der Waals surface area contributed by atoms with Crippen molar-refractivity contribution in [3.63, 3.8) is 0 Å². The molecule has 0 radical (unpaired) electrons. The van der Waals surface area contributed by atoms with E-state index in [9.17, 15) is 14.7 Å². The van der Waals surface area contributed by atoms with E-state index in [0.717, 1.165) is 51.4 Å². The third-order valence-corrected chi connectivity index (χ3v) is 9.50.